The minimum Gasteiger partial charge on any atom is -0.489 e. The van der Waals surface area contributed by atoms with Crippen LogP contribution in [0.5, 0.6) is 5.75 Å². The highest BCUT2D eigenvalue weighted by Gasteiger charge is 2.21. The summed E-state index contributed by atoms with van der Waals surface area (Å²) in [6, 6.07) is 16.6. The molecule has 0 N–H and O–H groups in total. The Morgan fingerprint density at radius 1 is 0.920 bits per heavy atom. The smallest absolute Gasteiger partial charge is 0.119 e. The number of ether oxygens (including phenoxy) is 1. The molecular formula is C23H29ClO. The standard InChI is InChI=1S/C23H29ClO/c1-2-3-4-18-5-9-20(10-6-18)21-11-7-19(8-12-21)17-25-23-15-13-22(24)14-16-23/h7-8,11-16,18,20H,2-6,9-10,17H2,1H3/t18-,20-. The second kappa shape index (κ2) is 9.29. The van der Waals surface area contributed by atoms with Crippen molar-refractivity contribution in [3.8, 4) is 5.75 Å². The van der Waals surface area contributed by atoms with Gasteiger partial charge >= 0.3 is 0 Å². The largest absolute Gasteiger partial charge is 0.489 e. The molecule has 2 aromatic rings. The highest BCUT2D eigenvalue weighted by Crippen LogP contribution is 2.37. The van der Waals surface area contributed by atoms with Crippen molar-refractivity contribution in [3.63, 3.8) is 0 Å². The number of hydrogen-bond donors (Lipinski definition) is 0. The summed E-state index contributed by atoms with van der Waals surface area (Å²) in [6.07, 6.45) is 9.70. The Kier molecular flexibility index (Phi) is 6.81. The van der Waals surface area contributed by atoms with E-state index in [1.54, 1.807) is 0 Å². The summed E-state index contributed by atoms with van der Waals surface area (Å²) in [7, 11) is 0. The molecule has 1 fully saturated rings. The molecule has 1 aliphatic rings. The monoisotopic (exact) mass is 356 g/mol. The Labute approximate surface area is 157 Å². The van der Waals surface area contributed by atoms with Crippen LogP contribution < -0.4 is 4.74 Å². The van der Waals surface area contributed by atoms with E-state index in [2.05, 4.69) is 31.2 Å². The summed E-state index contributed by atoms with van der Waals surface area (Å²) in [6.45, 7) is 2.90. The second-order valence-electron chi connectivity index (χ2n) is 7.34. The van der Waals surface area contributed by atoms with E-state index in [4.69, 9.17) is 16.3 Å². The number of unbranched alkanes of at least 4 members (excludes halogenated alkanes) is 1. The Morgan fingerprint density at radius 3 is 2.24 bits per heavy atom. The zero-order chi connectivity index (χ0) is 17.5. The van der Waals surface area contributed by atoms with Crippen LogP contribution >= 0.6 is 11.6 Å². The van der Waals surface area contributed by atoms with E-state index in [-0.39, 0.29) is 0 Å². The number of rotatable bonds is 7. The maximum absolute atomic E-state index is 5.90. The fourth-order valence-corrected chi connectivity index (χ4v) is 3.99. The van der Waals surface area contributed by atoms with Gasteiger partial charge in [-0.1, -0.05) is 62.1 Å². The second-order valence-corrected chi connectivity index (χ2v) is 7.78. The summed E-state index contributed by atoms with van der Waals surface area (Å²) in [5, 5.41) is 0.737. The van der Waals surface area contributed by atoms with Gasteiger partial charge in [0.05, 0.1) is 0 Å². The van der Waals surface area contributed by atoms with Gasteiger partial charge in [0.15, 0.2) is 0 Å². The first-order chi connectivity index (χ1) is 12.2. The van der Waals surface area contributed by atoms with Gasteiger partial charge in [0.2, 0.25) is 0 Å². The molecule has 2 heteroatoms. The van der Waals surface area contributed by atoms with Gasteiger partial charge in [0.25, 0.3) is 0 Å². The van der Waals surface area contributed by atoms with E-state index in [1.165, 1.54) is 56.1 Å². The average Bonchev–Trinajstić information content (AvgIpc) is 2.67. The van der Waals surface area contributed by atoms with E-state index in [1.807, 2.05) is 24.3 Å². The topological polar surface area (TPSA) is 9.23 Å². The van der Waals surface area contributed by atoms with Crippen LogP contribution in [0.15, 0.2) is 48.5 Å². The Hall–Kier alpha value is -1.47. The van der Waals surface area contributed by atoms with Gasteiger partial charge in [0, 0.05) is 5.02 Å². The van der Waals surface area contributed by atoms with Crippen molar-refractivity contribution in [2.45, 2.75) is 64.4 Å². The summed E-state index contributed by atoms with van der Waals surface area (Å²) < 4.78 is 5.83. The maximum atomic E-state index is 5.90. The molecule has 3 rings (SSSR count). The molecule has 1 saturated carbocycles. The van der Waals surface area contributed by atoms with Crippen molar-refractivity contribution >= 4 is 11.6 Å². The lowest BCUT2D eigenvalue weighted by molar-refractivity contribution is 0.302. The van der Waals surface area contributed by atoms with Gasteiger partial charge in [-0.3, -0.25) is 0 Å². The van der Waals surface area contributed by atoms with Gasteiger partial charge in [-0.2, -0.15) is 0 Å². The predicted molar refractivity (Wildman–Crippen MR) is 106 cm³/mol. The zero-order valence-corrected chi connectivity index (χ0v) is 16.0. The quantitative estimate of drug-likeness (QED) is 0.502. The molecule has 0 aromatic heterocycles. The van der Waals surface area contributed by atoms with Crippen molar-refractivity contribution in [1.29, 1.82) is 0 Å². The molecule has 0 amide bonds. The van der Waals surface area contributed by atoms with Crippen LogP contribution in [0.3, 0.4) is 0 Å². The number of hydrogen-bond acceptors (Lipinski definition) is 1. The van der Waals surface area contributed by atoms with Crippen molar-refractivity contribution in [3.05, 3.63) is 64.7 Å². The van der Waals surface area contributed by atoms with Crippen molar-refractivity contribution in [2.75, 3.05) is 0 Å². The summed E-state index contributed by atoms with van der Waals surface area (Å²) in [5.74, 6) is 2.59. The molecule has 0 atom stereocenters. The van der Waals surface area contributed by atoms with Gasteiger partial charge in [-0.15, -0.1) is 0 Å². The van der Waals surface area contributed by atoms with Crippen molar-refractivity contribution in [1.82, 2.24) is 0 Å². The van der Waals surface area contributed by atoms with E-state index in [9.17, 15) is 0 Å². The number of benzene rings is 2. The fraction of sp³-hybridized carbons (Fsp3) is 0.478. The maximum Gasteiger partial charge on any atom is 0.119 e. The first kappa shape index (κ1) is 18.3. The lowest BCUT2D eigenvalue weighted by Gasteiger charge is -2.29. The molecule has 0 radical (unpaired) electrons. The fourth-order valence-electron chi connectivity index (χ4n) is 3.86. The SMILES string of the molecule is CCCC[C@H]1CC[C@H](c2ccc(COc3ccc(Cl)cc3)cc2)CC1. The molecular weight excluding hydrogens is 328 g/mol. The average molecular weight is 357 g/mol. The molecule has 0 bridgehead atoms. The molecule has 0 aliphatic heterocycles. The third-order valence-electron chi connectivity index (χ3n) is 5.48. The zero-order valence-electron chi connectivity index (χ0n) is 15.2. The van der Waals surface area contributed by atoms with Crippen LogP contribution in [0.4, 0.5) is 0 Å². The molecule has 0 spiro atoms. The lowest BCUT2D eigenvalue weighted by Crippen LogP contribution is -2.13. The highest BCUT2D eigenvalue weighted by atomic mass is 35.5. The van der Waals surface area contributed by atoms with Gasteiger partial charge in [0.1, 0.15) is 12.4 Å². The third-order valence-corrected chi connectivity index (χ3v) is 5.73. The van der Waals surface area contributed by atoms with Gasteiger partial charge in [-0.05, 0) is 72.9 Å². The number of halogens is 1. The van der Waals surface area contributed by atoms with Crippen molar-refractivity contribution < 1.29 is 4.74 Å². The predicted octanol–water partition coefficient (Wildman–Crippen LogP) is 7.38. The summed E-state index contributed by atoms with van der Waals surface area (Å²) in [4.78, 5) is 0. The normalized spacial score (nSPS) is 20.4. The molecule has 1 aliphatic carbocycles. The Morgan fingerprint density at radius 2 is 1.60 bits per heavy atom. The lowest BCUT2D eigenvalue weighted by atomic mass is 9.77. The molecule has 0 unspecified atom stereocenters. The minimum absolute atomic E-state index is 0.603. The van der Waals surface area contributed by atoms with E-state index >= 15 is 0 Å². The van der Waals surface area contributed by atoms with Gasteiger partial charge in [-0.25, -0.2) is 0 Å². The Balaban J connectivity index is 1.48. The van der Waals surface area contributed by atoms with Crippen LogP contribution in [0.1, 0.15) is 68.9 Å². The minimum atomic E-state index is 0.603. The summed E-state index contributed by atoms with van der Waals surface area (Å²) in [5.41, 5.74) is 2.72. The molecule has 2 aromatic carbocycles. The van der Waals surface area contributed by atoms with Crippen LogP contribution in [-0.4, -0.2) is 0 Å². The molecule has 1 nitrogen and oxygen atoms in total. The van der Waals surface area contributed by atoms with E-state index < -0.39 is 0 Å². The van der Waals surface area contributed by atoms with Crippen LogP contribution in [-0.2, 0) is 6.61 Å². The van der Waals surface area contributed by atoms with Crippen molar-refractivity contribution in [2.24, 2.45) is 5.92 Å². The third kappa shape index (κ3) is 5.51. The van der Waals surface area contributed by atoms with Crippen LogP contribution in [0.2, 0.25) is 5.02 Å². The van der Waals surface area contributed by atoms with Crippen LogP contribution in [0.25, 0.3) is 0 Å². The van der Waals surface area contributed by atoms with Gasteiger partial charge < -0.3 is 4.74 Å². The Bertz CT molecular complexity index is 624. The molecule has 134 valence electrons. The summed E-state index contributed by atoms with van der Waals surface area (Å²) >= 11 is 5.90. The first-order valence-electron chi connectivity index (χ1n) is 9.72. The van der Waals surface area contributed by atoms with E-state index in [0.717, 1.165) is 22.6 Å². The molecule has 25 heavy (non-hydrogen) atoms. The van der Waals surface area contributed by atoms with Crippen LogP contribution in [0, 0.1) is 5.92 Å². The first-order valence-corrected chi connectivity index (χ1v) is 10.1. The molecule has 0 heterocycles. The van der Waals surface area contributed by atoms with E-state index in [0.29, 0.717) is 6.61 Å². The highest BCUT2D eigenvalue weighted by molar-refractivity contribution is 6.30. The molecule has 0 saturated heterocycles.